The Kier molecular flexibility index (Phi) is 10.1. The van der Waals surface area contributed by atoms with E-state index in [2.05, 4.69) is 200 Å². The highest BCUT2D eigenvalue weighted by Gasteiger charge is 2.49. The van der Waals surface area contributed by atoms with E-state index in [1.807, 2.05) is 0 Å². The van der Waals surface area contributed by atoms with Crippen LogP contribution in [0, 0.1) is 33.1 Å². The van der Waals surface area contributed by atoms with Gasteiger partial charge in [0.1, 0.15) is 5.76 Å². The van der Waals surface area contributed by atoms with Gasteiger partial charge in [0.15, 0.2) is 0 Å². The molecule has 6 aromatic rings. The summed E-state index contributed by atoms with van der Waals surface area (Å²) >= 11 is 0. The molecule has 5 aromatic carbocycles. The van der Waals surface area contributed by atoms with Gasteiger partial charge in [0.25, 0.3) is 6.71 Å². The molecule has 0 spiro atoms. The number of anilines is 3. The Morgan fingerprint density at radius 1 is 0.708 bits per heavy atom. The molecule has 0 fully saturated rings. The highest BCUT2D eigenvalue weighted by atomic mass is 16.3. The van der Waals surface area contributed by atoms with Crippen LogP contribution in [0.1, 0.15) is 174 Å². The molecule has 2 nitrogen and oxygen atoms in total. The first-order valence-corrected chi connectivity index (χ1v) is 24.8. The fourth-order valence-electron chi connectivity index (χ4n) is 12.5. The first-order valence-electron chi connectivity index (χ1n) is 24.8. The van der Waals surface area contributed by atoms with Gasteiger partial charge in [-0.2, -0.15) is 0 Å². The van der Waals surface area contributed by atoms with Gasteiger partial charge in [0, 0.05) is 23.4 Å². The molecular weight excluding hydrogens is 785 g/mol. The van der Waals surface area contributed by atoms with Gasteiger partial charge in [-0.1, -0.05) is 154 Å². The third kappa shape index (κ3) is 7.12. The molecule has 4 aliphatic rings. The zero-order valence-corrected chi connectivity index (χ0v) is 42.3. The molecule has 3 heterocycles. The maximum Gasteiger partial charge on any atom is 0.293 e. The maximum absolute atomic E-state index is 7.56. The normalized spacial score (nSPS) is 19.4. The molecule has 2 aliphatic heterocycles. The van der Waals surface area contributed by atoms with Gasteiger partial charge >= 0.3 is 0 Å². The lowest BCUT2D eigenvalue weighted by molar-refractivity contribution is 0.331. The number of furan rings is 1. The molecular formula is C62H72BNO. The van der Waals surface area contributed by atoms with Crippen molar-refractivity contribution >= 4 is 46.4 Å². The van der Waals surface area contributed by atoms with Crippen molar-refractivity contribution in [1.82, 2.24) is 0 Å². The minimum Gasteiger partial charge on any atom is -0.472 e. The summed E-state index contributed by atoms with van der Waals surface area (Å²) in [6.07, 6.45) is 7.81. The molecule has 65 heavy (non-hydrogen) atoms. The van der Waals surface area contributed by atoms with Crippen molar-refractivity contribution in [3.05, 3.63) is 157 Å². The second-order valence-electron chi connectivity index (χ2n) is 24.2. The number of allylic oxidation sites excluding steroid dienone is 1. The molecule has 2 unspecified atom stereocenters. The summed E-state index contributed by atoms with van der Waals surface area (Å²) in [5.74, 6) is 1.63. The SMILES string of the molecule is Cc1cc2c3c(c1)N(c1ccc(C(C)(C)C)cc1)c1c(oc4c1C=C(C(C)(C)C)CC4)B3c1cc3c(cc1C(Cc1cc(-c4c(C)cccc4C)ccc1C)C2C)C(C)(C)CCC3(C)C. The Balaban J connectivity index is 1.28. The van der Waals surface area contributed by atoms with Gasteiger partial charge in [-0.25, -0.2) is 0 Å². The number of rotatable bonds is 4. The summed E-state index contributed by atoms with van der Waals surface area (Å²) in [6.45, 7) is 35.8. The van der Waals surface area contributed by atoms with E-state index in [0.29, 0.717) is 0 Å². The Bertz CT molecular complexity index is 2920. The van der Waals surface area contributed by atoms with Gasteiger partial charge in [0.2, 0.25) is 0 Å². The average molecular weight is 858 g/mol. The van der Waals surface area contributed by atoms with Crippen LogP contribution in [-0.2, 0) is 29.1 Å². The zero-order valence-electron chi connectivity index (χ0n) is 42.3. The molecule has 0 saturated heterocycles. The second kappa shape index (κ2) is 15.0. The van der Waals surface area contributed by atoms with Crippen molar-refractivity contribution in [2.75, 3.05) is 4.90 Å². The molecule has 2 aliphatic carbocycles. The van der Waals surface area contributed by atoms with Crippen LogP contribution in [0.5, 0.6) is 0 Å². The smallest absolute Gasteiger partial charge is 0.293 e. The average Bonchev–Trinajstić information content (AvgIpc) is 3.57. The number of hydrogen-bond acceptors (Lipinski definition) is 2. The van der Waals surface area contributed by atoms with Crippen molar-refractivity contribution in [3.63, 3.8) is 0 Å². The van der Waals surface area contributed by atoms with Crippen LogP contribution in [0.25, 0.3) is 17.2 Å². The minimum absolute atomic E-state index is 0.0339. The van der Waals surface area contributed by atoms with Gasteiger partial charge in [-0.15, -0.1) is 0 Å². The van der Waals surface area contributed by atoms with Gasteiger partial charge < -0.3 is 9.32 Å². The van der Waals surface area contributed by atoms with Crippen LogP contribution in [0.3, 0.4) is 0 Å². The first kappa shape index (κ1) is 43.9. The minimum atomic E-state index is -0.0339. The van der Waals surface area contributed by atoms with E-state index < -0.39 is 0 Å². The zero-order chi connectivity index (χ0) is 46.3. The Hall–Kier alpha value is -5.02. The maximum atomic E-state index is 7.56. The van der Waals surface area contributed by atoms with Gasteiger partial charge in [-0.3, -0.25) is 0 Å². The molecule has 0 amide bonds. The largest absolute Gasteiger partial charge is 0.472 e. The van der Waals surface area contributed by atoms with Crippen LogP contribution in [0.2, 0.25) is 0 Å². The van der Waals surface area contributed by atoms with Crippen molar-refractivity contribution in [2.45, 2.75) is 164 Å². The lowest BCUT2D eigenvalue weighted by Gasteiger charge is -2.43. The molecule has 0 N–H and O–H groups in total. The standard InChI is InChI=1S/C62H72BNO/c1-36-29-47-40(5)46(32-42-31-41(20-19-37(42)2)55-38(3)17-16-18-39(55)4)48-34-50-51(62(14,15)28-27-61(50,12)13)35-52(48)63-56(47)53(30-36)64(45-24-21-43(22-25-45)59(6,7)8)57-49-33-44(60(9,10)11)23-26-54(49)65-58(57)63/h16-22,24-25,29-31,33-35,40,46H,23,26-28,32H2,1-15H3. The van der Waals surface area contributed by atoms with Crippen molar-refractivity contribution in [3.8, 4) is 11.1 Å². The lowest BCUT2D eigenvalue weighted by Crippen LogP contribution is -2.58. The second-order valence-corrected chi connectivity index (χ2v) is 24.2. The van der Waals surface area contributed by atoms with Crippen molar-refractivity contribution < 1.29 is 4.42 Å². The van der Waals surface area contributed by atoms with Crippen LogP contribution in [0.4, 0.5) is 17.1 Å². The molecule has 334 valence electrons. The molecule has 10 rings (SSSR count). The highest BCUT2D eigenvalue weighted by Crippen LogP contribution is 2.51. The van der Waals surface area contributed by atoms with E-state index >= 15 is 0 Å². The number of nitrogens with zero attached hydrogens (tertiary/aromatic N) is 1. The fraction of sp³-hybridized carbons (Fsp3) is 0.419. The summed E-state index contributed by atoms with van der Waals surface area (Å²) in [5, 5.41) is 0. The van der Waals surface area contributed by atoms with Crippen molar-refractivity contribution in [1.29, 1.82) is 0 Å². The Labute approximate surface area is 392 Å². The van der Waals surface area contributed by atoms with E-state index in [1.54, 1.807) is 5.56 Å². The van der Waals surface area contributed by atoms with E-state index in [4.69, 9.17) is 4.42 Å². The number of fused-ring (bicyclic) bond motifs is 7. The third-order valence-electron chi connectivity index (χ3n) is 16.7. The van der Waals surface area contributed by atoms with Crippen molar-refractivity contribution in [2.24, 2.45) is 5.41 Å². The first-order chi connectivity index (χ1) is 30.5. The Morgan fingerprint density at radius 2 is 1.37 bits per heavy atom. The topological polar surface area (TPSA) is 16.4 Å². The molecule has 1 aromatic heterocycles. The van der Waals surface area contributed by atoms with Crippen LogP contribution in [0.15, 0.2) is 94.9 Å². The lowest BCUT2D eigenvalue weighted by atomic mass is 9.35. The molecule has 0 radical (unpaired) electrons. The molecule has 3 heteroatoms. The van der Waals surface area contributed by atoms with E-state index in [0.717, 1.165) is 30.7 Å². The van der Waals surface area contributed by atoms with Gasteiger partial charge in [0.05, 0.1) is 11.3 Å². The number of aryl methyl sites for hydroxylation is 5. The van der Waals surface area contributed by atoms with Crippen LogP contribution >= 0.6 is 0 Å². The molecule has 0 saturated carbocycles. The van der Waals surface area contributed by atoms with E-state index in [-0.39, 0.29) is 40.2 Å². The Morgan fingerprint density at radius 3 is 2.02 bits per heavy atom. The molecule has 0 bridgehead atoms. The summed E-state index contributed by atoms with van der Waals surface area (Å²) in [5.41, 5.74) is 27.7. The van der Waals surface area contributed by atoms with E-state index in [9.17, 15) is 0 Å². The number of hydrogen-bond donors (Lipinski definition) is 0. The quantitative estimate of drug-likeness (QED) is 0.164. The summed E-state index contributed by atoms with van der Waals surface area (Å²) in [4.78, 5) is 2.62. The number of benzene rings is 5. The summed E-state index contributed by atoms with van der Waals surface area (Å²) in [6, 6.07) is 33.9. The highest BCUT2D eigenvalue weighted by molar-refractivity contribution is 6.98. The predicted octanol–water partition coefficient (Wildman–Crippen LogP) is 14.9. The summed E-state index contributed by atoms with van der Waals surface area (Å²) in [7, 11) is 0. The molecule has 2 atom stereocenters. The monoisotopic (exact) mass is 858 g/mol. The van der Waals surface area contributed by atoms with E-state index in [1.165, 1.54) is 113 Å². The third-order valence-corrected chi connectivity index (χ3v) is 16.7. The summed E-state index contributed by atoms with van der Waals surface area (Å²) < 4.78 is 7.56. The van der Waals surface area contributed by atoms with Crippen LogP contribution < -0.4 is 21.5 Å². The van der Waals surface area contributed by atoms with Crippen LogP contribution in [-0.4, -0.2) is 6.71 Å². The predicted molar refractivity (Wildman–Crippen MR) is 280 cm³/mol. The van der Waals surface area contributed by atoms with Gasteiger partial charge in [-0.05, 0) is 183 Å². The fourth-order valence-corrected chi connectivity index (χ4v) is 12.5.